The van der Waals surface area contributed by atoms with Crippen LogP contribution in [-0.2, 0) is 6.42 Å². The summed E-state index contributed by atoms with van der Waals surface area (Å²) in [6.45, 7) is 0.478. The Morgan fingerprint density at radius 1 is 1.14 bits per heavy atom. The summed E-state index contributed by atoms with van der Waals surface area (Å²) in [5.74, 6) is 0.550. The van der Waals surface area contributed by atoms with E-state index >= 15 is 0 Å². The van der Waals surface area contributed by atoms with Crippen LogP contribution in [0.15, 0.2) is 48.5 Å². The lowest BCUT2D eigenvalue weighted by Gasteiger charge is -2.03. The number of aromatic amines is 1. The maximum atomic E-state index is 11.1. The summed E-state index contributed by atoms with van der Waals surface area (Å²) in [5.41, 5.74) is 1.42. The molecule has 0 bridgehead atoms. The van der Waals surface area contributed by atoms with E-state index in [4.69, 9.17) is 9.84 Å². The van der Waals surface area contributed by atoms with E-state index in [1.165, 1.54) is 0 Å². The molecule has 2 aromatic carbocycles. The Kier molecular flexibility index (Phi) is 3.55. The maximum absolute atomic E-state index is 11.1. The Morgan fingerprint density at radius 3 is 2.71 bits per heavy atom. The normalized spacial score (nSPS) is 10.7. The number of carboxylic acid groups (broad SMARTS) is 1. The van der Waals surface area contributed by atoms with Gasteiger partial charge < -0.3 is 14.8 Å². The Hall–Kier alpha value is -2.82. The molecule has 0 saturated carbocycles. The van der Waals surface area contributed by atoms with Gasteiger partial charge in [0, 0.05) is 6.42 Å². The third kappa shape index (κ3) is 2.86. The van der Waals surface area contributed by atoms with Gasteiger partial charge in [-0.3, -0.25) is 0 Å². The number of aromatic carboxylic acids is 1. The van der Waals surface area contributed by atoms with Crippen LogP contribution in [0.25, 0.3) is 11.0 Å². The average Bonchev–Trinajstić information content (AvgIpc) is 2.90. The Balaban J connectivity index is 1.73. The largest absolute Gasteiger partial charge is 0.493 e. The number of nitrogens with one attached hydrogen (secondary N) is 1. The number of hydrogen-bond donors (Lipinski definition) is 2. The highest BCUT2D eigenvalue weighted by atomic mass is 16.5. The number of nitrogens with zero attached hydrogens (tertiary/aromatic N) is 1. The van der Waals surface area contributed by atoms with Crippen LogP contribution in [-0.4, -0.2) is 27.7 Å². The average molecular weight is 282 g/mol. The molecule has 1 aromatic heterocycles. The number of fused-ring (bicyclic) bond motifs is 1. The molecule has 0 fully saturated rings. The molecule has 106 valence electrons. The predicted octanol–water partition coefficient (Wildman–Crippen LogP) is 2.88. The summed E-state index contributed by atoms with van der Waals surface area (Å²) in [7, 11) is 0. The fourth-order valence-corrected chi connectivity index (χ4v) is 2.16. The van der Waals surface area contributed by atoms with E-state index in [1.807, 2.05) is 36.4 Å². The zero-order chi connectivity index (χ0) is 14.7. The van der Waals surface area contributed by atoms with E-state index in [9.17, 15) is 4.79 Å². The number of hydrogen-bond acceptors (Lipinski definition) is 3. The van der Waals surface area contributed by atoms with Crippen molar-refractivity contribution >= 4 is 17.0 Å². The number of imidazole rings is 1. The van der Waals surface area contributed by atoms with Crippen molar-refractivity contribution in [2.24, 2.45) is 0 Å². The molecular weight excluding hydrogens is 268 g/mol. The van der Waals surface area contributed by atoms with E-state index in [0.717, 1.165) is 17.1 Å². The van der Waals surface area contributed by atoms with E-state index in [-0.39, 0.29) is 5.56 Å². The lowest BCUT2D eigenvalue weighted by Crippen LogP contribution is -2.02. The molecule has 0 radical (unpaired) electrons. The molecule has 5 heteroatoms. The monoisotopic (exact) mass is 282 g/mol. The van der Waals surface area contributed by atoms with E-state index in [0.29, 0.717) is 18.5 Å². The first-order valence-corrected chi connectivity index (χ1v) is 6.63. The van der Waals surface area contributed by atoms with Crippen LogP contribution in [0.2, 0.25) is 0 Å². The molecule has 5 nitrogen and oxygen atoms in total. The minimum atomic E-state index is -0.973. The van der Waals surface area contributed by atoms with Crippen molar-refractivity contribution in [1.29, 1.82) is 0 Å². The van der Waals surface area contributed by atoms with Crippen LogP contribution in [0.5, 0.6) is 5.75 Å². The lowest BCUT2D eigenvalue weighted by molar-refractivity contribution is 0.0699. The molecule has 0 spiro atoms. The second kappa shape index (κ2) is 5.66. The molecule has 0 aliphatic carbocycles. The van der Waals surface area contributed by atoms with Crippen LogP contribution in [0.4, 0.5) is 0 Å². The number of benzene rings is 2. The van der Waals surface area contributed by atoms with Crippen molar-refractivity contribution in [2.75, 3.05) is 6.61 Å². The highest BCUT2D eigenvalue weighted by Crippen LogP contribution is 2.17. The number of para-hydroxylation sites is 2. The molecule has 0 aliphatic heterocycles. The van der Waals surface area contributed by atoms with Gasteiger partial charge in [-0.25, -0.2) is 9.78 Å². The van der Waals surface area contributed by atoms with Crippen LogP contribution in [0.1, 0.15) is 16.2 Å². The molecule has 0 unspecified atom stereocenters. The maximum Gasteiger partial charge on any atom is 0.337 e. The van der Waals surface area contributed by atoms with Crippen molar-refractivity contribution in [3.63, 3.8) is 0 Å². The molecule has 2 N–H and O–H groups in total. The molecule has 21 heavy (non-hydrogen) atoms. The summed E-state index contributed by atoms with van der Waals surface area (Å²) >= 11 is 0. The summed E-state index contributed by atoms with van der Waals surface area (Å²) in [6, 6.07) is 14.6. The minimum Gasteiger partial charge on any atom is -0.493 e. The standard InChI is InChI=1S/C16H14N2O3/c19-16(20)12-7-4-8-13-15(12)18-14(17-13)9-10-21-11-5-2-1-3-6-11/h1-8H,9-10H2,(H,17,18)(H,19,20). The molecule has 1 heterocycles. The first-order valence-electron chi connectivity index (χ1n) is 6.63. The van der Waals surface area contributed by atoms with Gasteiger partial charge in [0.1, 0.15) is 17.1 Å². The molecule has 3 aromatic rings. The van der Waals surface area contributed by atoms with Gasteiger partial charge in [0.15, 0.2) is 0 Å². The van der Waals surface area contributed by atoms with Gasteiger partial charge >= 0.3 is 5.97 Å². The van der Waals surface area contributed by atoms with Crippen LogP contribution < -0.4 is 4.74 Å². The molecule has 3 rings (SSSR count). The third-order valence-corrected chi connectivity index (χ3v) is 3.14. The second-order valence-corrected chi connectivity index (χ2v) is 4.60. The molecular formula is C16H14N2O3. The van der Waals surface area contributed by atoms with Crippen LogP contribution >= 0.6 is 0 Å². The van der Waals surface area contributed by atoms with Crippen molar-refractivity contribution in [3.8, 4) is 5.75 Å². The van der Waals surface area contributed by atoms with Gasteiger partial charge in [0.2, 0.25) is 0 Å². The van der Waals surface area contributed by atoms with Gasteiger partial charge in [0.25, 0.3) is 0 Å². The number of carboxylic acids is 1. The van der Waals surface area contributed by atoms with Crippen LogP contribution in [0, 0.1) is 0 Å². The SMILES string of the molecule is O=C(O)c1cccc2[nH]c(CCOc3ccccc3)nc12. The number of carbonyl (C=O) groups is 1. The number of H-pyrrole nitrogens is 1. The zero-order valence-corrected chi connectivity index (χ0v) is 11.2. The summed E-state index contributed by atoms with van der Waals surface area (Å²) in [5, 5.41) is 9.14. The van der Waals surface area contributed by atoms with E-state index < -0.39 is 5.97 Å². The number of aromatic nitrogens is 2. The Bertz CT molecular complexity index is 766. The van der Waals surface area contributed by atoms with Crippen molar-refractivity contribution in [1.82, 2.24) is 9.97 Å². The fraction of sp³-hybridized carbons (Fsp3) is 0.125. The second-order valence-electron chi connectivity index (χ2n) is 4.60. The van der Waals surface area contributed by atoms with Gasteiger partial charge in [-0.15, -0.1) is 0 Å². The van der Waals surface area contributed by atoms with Gasteiger partial charge in [-0.05, 0) is 24.3 Å². The number of rotatable bonds is 5. The highest BCUT2D eigenvalue weighted by Gasteiger charge is 2.12. The Labute approximate surface area is 121 Å². The smallest absolute Gasteiger partial charge is 0.337 e. The minimum absolute atomic E-state index is 0.207. The van der Waals surface area contributed by atoms with E-state index in [1.54, 1.807) is 12.1 Å². The van der Waals surface area contributed by atoms with Crippen molar-refractivity contribution in [3.05, 3.63) is 59.9 Å². The quantitative estimate of drug-likeness (QED) is 0.754. The van der Waals surface area contributed by atoms with Gasteiger partial charge in [-0.1, -0.05) is 24.3 Å². The third-order valence-electron chi connectivity index (χ3n) is 3.14. The van der Waals surface area contributed by atoms with Crippen LogP contribution in [0.3, 0.4) is 0 Å². The summed E-state index contributed by atoms with van der Waals surface area (Å²) in [6.07, 6.45) is 0.586. The topological polar surface area (TPSA) is 75.2 Å². The molecule has 0 saturated heterocycles. The lowest BCUT2D eigenvalue weighted by atomic mass is 10.2. The van der Waals surface area contributed by atoms with Crippen molar-refractivity contribution < 1.29 is 14.6 Å². The van der Waals surface area contributed by atoms with Gasteiger partial charge in [-0.2, -0.15) is 0 Å². The van der Waals surface area contributed by atoms with Gasteiger partial charge in [0.05, 0.1) is 17.7 Å². The summed E-state index contributed by atoms with van der Waals surface area (Å²) < 4.78 is 5.61. The Morgan fingerprint density at radius 2 is 1.95 bits per heavy atom. The molecule has 0 atom stereocenters. The van der Waals surface area contributed by atoms with Crippen molar-refractivity contribution in [2.45, 2.75) is 6.42 Å². The fourth-order valence-electron chi connectivity index (χ4n) is 2.16. The summed E-state index contributed by atoms with van der Waals surface area (Å²) in [4.78, 5) is 18.6. The first-order chi connectivity index (χ1) is 10.2. The molecule has 0 aliphatic rings. The first kappa shape index (κ1) is 13.2. The predicted molar refractivity (Wildman–Crippen MR) is 78.7 cm³/mol. The highest BCUT2D eigenvalue weighted by molar-refractivity contribution is 6.00. The van der Waals surface area contributed by atoms with E-state index in [2.05, 4.69) is 9.97 Å². The number of ether oxygens (including phenoxy) is 1. The zero-order valence-electron chi connectivity index (χ0n) is 11.2. The molecule has 0 amide bonds.